The normalized spacial score (nSPS) is 17.5. The molecule has 3 aromatic rings. The van der Waals surface area contributed by atoms with Crippen LogP contribution in [0.3, 0.4) is 0 Å². The van der Waals surface area contributed by atoms with Crippen molar-refractivity contribution < 1.29 is 27.4 Å². The van der Waals surface area contributed by atoms with E-state index < -0.39 is 27.5 Å². The third-order valence-corrected chi connectivity index (χ3v) is 7.46. The monoisotopic (exact) mass is 520 g/mol. The lowest BCUT2D eigenvalue weighted by Gasteiger charge is -2.23. The Morgan fingerprint density at radius 2 is 1.81 bits per heavy atom. The quantitative estimate of drug-likeness (QED) is 0.410. The SMILES string of the molecule is COc1ncnc(OC)c1-n1c(NS(=O)(=O)[C@@H](C)[C@H](OC)c2cnc(C)cn2)nnc1[C@@H]1CCCO1. The second-order valence-electron chi connectivity index (χ2n) is 8.05. The smallest absolute Gasteiger partial charge is 0.245 e. The van der Waals surface area contributed by atoms with E-state index in [2.05, 4.69) is 34.9 Å². The lowest BCUT2D eigenvalue weighted by molar-refractivity contribution is 0.0985. The summed E-state index contributed by atoms with van der Waals surface area (Å²) in [5, 5.41) is 7.30. The average Bonchev–Trinajstić information content (AvgIpc) is 3.54. The third-order valence-electron chi connectivity index (χ3n) is 5.77. The van der Waals surface area contributed by atoms with Gasteiger partial charge in [0.1, 0.15) is 23.8 Å². The van der Waals surface area contributed by atoms with Gasteiger partial charge in [-0.15, -0.1) is 10.2 Å². The number of hydrogen-bond donors (Lipinski definition) is 1. The number of rotatable bonds is 10. The summed E-state index contributed by atoms with van der Waals surface area (Å²) < 4.78 is 53.2. The molecule has 1 N–H and O–H groups in total. The van der Waals surface area contributed by atoms with Gasteiger partial charge in [0.25, 0.3) is 0 Å². The summed E-state index contributed by atoms with van der Waals surface area (Å²) in [7, 11) is 0.177. The van der Waals surface area contributed by atoms with Gasteiger partial charge in [-0.05, 0) is 26.7 Å². The molecule has 4 heterocycles. The summed E-state index contributed by atoms with van der Waals surface area (Å²) in [4.78, 5) is 16.8. The summed E-state index contributed by atoms with van der Waals surface area (Å²) in [6.07, 6.45) is 4.50. The Morgan fingerprint density at radius 1 is 1.08 bits per heavy atom. The van der Waals surface area contributed by atoms with Gasteiger partial charge in [0, 0.05) is 19.9 Å². The Bertz CT molecular complexity index is 1270. The first-order valence-corrected chi connectivity index (χ1v) is 12.7. The van der Waals surface area contributed by atoms with Gasteiger partial charge in [-0.1, -0.05) is 0 Å². The summed E-state index contributed by atoms with van der Waals surface area (Å²) in [5.41, 5.74) is 1.31. The van der Waals surface area contributed by atoms with E-state index in [0.29, 0.717) is 30.2 Å². The molecule has 0 amide bonds. The highest BCUT2D eigenvalue weighted by Crippen LogP contribution is 2.37. The molecule has 0 spiro atoms. The van der Waals surface area contributed by atoms with E-state index in [1.54, 1.807) is 13.1 Å². The average molecular weight is 521 g/mol. The van der Waals surface area contributed by atoms with E-state index in [-0.39, 0.29) is 23.4 Å². The van der Waals surface area contributed by atoms with Crippen LogP contribution in [0.5, 0.6) is 11.8 Å². The highest BCUT2D eigenvalue weighted by Gasteiger charge is 2.36. The fraction of sp³-hybridized carbons (Fsp3) is 0.524. The van der Waals surface area contributed by atoms with Gasteiger partial charge >= 0.3 is 0 Å². The van der Waals surface area contributed by atoms with Crippen molar-refractivity contribution in [1.29, 1.82) is 0 Å². The van der Waals surface area contributed by atoms with Crippen LogP contribution in [-0.4, -0.2) is 76.3 Å². The van der Waals surface area contributed by atoms with Crippen LogP contribution in [0.25, 0.3) is 5.69 Å². The molecule has 3 atom stereocenters. The summed E-state index contributed by atoms with van der Waals surface area (Å²) >= 11 is 0. The van der Waals surface area contributed by atoms with Crippen molar-refractivity contribution in [2.24, 2.45) is 0 Å². The van der Waals surface area contributed by atoms with E-state index in [4.69, 9.17) is 18.9 Å². The maximum atomic E-state index is 13.5. The van der Waals surface area contributed by atoms with Crippen molar-refractivity contribution >= 4 is 16.0 Å². The number of ether oxygens (including phenoxy) is 4. The molecule has 0 unspecified atom stereocenters. The number of anilines is 1. The van der Waals surface area contributed by atoms with Gasteiger partial charge in [0.2, 0.25) is 27.7 Å². The first-order chi connectivity index (χ1) is 17.3. The van der Waals surface area contributed by atoms with E-state index in [1.165, 1.54) is 45.3 Å². The van der Waals surface area contributed by atoms with Gasteiger partial charge < -0.3 is 18.9 Å². The van der Waals surface area contributed by atoms with Gasteiger partial charge in [-0.2, -0.15) is 9.97 Å². The van der Waals surface area contributed by atoms with E-state index in [9.17, 15) is 8.42 Å². The molecule has 1 saturated heterocycles. The first-order valence-electron chi connectivity index (χ1n) is 11.1. The van der Waals surface area contributed by atoms with Crippen molar-refractivity contribution in [1.82, 2.24) is 34.7 Å². The number of hydrogen-bond acceptors (Lipinski definition) is 12. The fourth-order valence-electron chi connectivity index (χ4n) is 3.90. The summed E-state index contributed by atoms with van der Waals surface area (Å²) in [6, 6.07) is 0. The van der Waals surface area contributed by atoms with Gasteiger partial charge in [-0.3, -0.25) is 19.3 Å². The van der Waals surface area contributed by atoms with E-state index >= 15 is 0 Å². The van der Waals surface area contributed by atoms with Crippen molar-refractivity contribution in [3.63, 3.8) is 0 Å². The molecular weight excluding hydrogens is 492 g/mol. The molecule has 4 rings (SSSR count). The first kappa shape index (κ1) is 25.7. The predicted octanol–water partition coefficient (Wildman–Crippen LogP) is 1.54. The third kappa shape index (κ3) is 4.94. The molecule has 0 aromatic carbocycles. The zero-order valence-corrected chi connectivity index (χ0v) is 21.4. The van der Waals surface area contributed by atoms with Gasteiger partial charge in [-0.25, -0.2) is 8.42 Å². The second-order valence-corrected chi connectivity index (χ2v) is 10.1. The zero-order chi connectivity index (χ0) is 25.9. The number of sulfonamides is 1. The fourth-order valence-corrected chi connectivity index (χ4v) is 5.04. The maximum Gasteiger partial charge on any atom is 0.245 e. The van der Waals surface area contributed by atoms with Crippen LogP contribution in [0.1, 0.15) is 49.2 Å². The van der Waals surface area contributed by atoms with Crippen molar-refractivity contribution in [2.45, 2.75) is 44.1 Å². The topological polar surface area (TPSA) is 165 Å². The number of aromatic nitrogens is 7. The summed E-state index contributed by atoms with van der Waals surface area (Å²) in [5.74, 6) is 0.527. The molecule has 194 valence electrons. The molecule has 1 aliphatic heterocycles. The predicted molar refractivity (Wildman–Crippen MR) is 127 cm³/mol. The van der Waals surface area contributed by atoms with Crippen molar-refractivity contribution in [3.8, 4) is 17.4 Å². The Labute approximate surface area is 208 Å². The van der Waals surface area contributed by atoms with Crippen LogP contribution in [0.2, 0.25) is 0 Å². The Morgan fingerprint density at radius 3 is 2.36 bits per heavy atom. The van der Waals surface area contributed by atoms with Crippen LogP contribution < -0.4 is 14.2 Å². The van der Waals surface area contributed by atoms with Crippen molar-refractivity contribution in [3.05, 3.63) is 35.9 Å². The molecule has 15 heteroatoms. The Hall–Kier alpha value is -3.43. The Kier molecular flexibility index (Phi) is 7.61. The maximum absolute atomic E-state index is 13.5. The highest BCUT2D eigenvalue weighted by atomic mass is 32.2. The number of methoxy groups -OCH3 is 3. The molecule has 3 aromatic heterocycles. The van der Waals surface area contributed by atoms with Crippen LogP contribution in [0.4, 0.5) is 5.95 Å². The van der Waals surface area contributed by atoms with Crippen molar-refractivity contribution in [2.75, 3.05) is 32.7 Å². The zero-order valence-electron chi connectivity index (χ0n) is 20.6. The van der Waals surface area contributed by atoms with Crippen LogP contribution in [0.15, 0.2) is 18.7 Å². The molecule has 36 heavy (non-hydrogen) atoms. The molecule has 0 saturated carbocycles. The molecule has 0 aliphatic carbocycles. The molecule has 0 bridgehead atoms. The van der Waals surface area contributed by atoms with E-state index in [1.807, 2.05) is 0 Å². The van der Waals surface area contributed by atoms with Gasteiger partial charge in [0.15, 0.2) is 11.5 Å². The molecule has 1 aliphatic rings. The minimum Gasteiger partial charge on any atom is -0.479 e. The van der Waals surface area contributed by atoms with E-state index in [0.717, 1.165) is 6.42 Å². The van der Waals surface area contributed by atoms with Crippen LogP contribution in [-0.2, 0) is 19.5 Å². The minimum atomic E-state index is -4.09. The molecule has 1 fully saturated rings. The van der Waals surface area contributed by atoms with Crippen LogP contribution in [0, 0.1) is 6.92 Å². The lowest BCUT2D eigenvalue weighted by Crippen LogP contribution is -2.33. The molecular formula is C21H28N8O6S. The molecule has 14 nitrogen and oxygen atoms in total. The van der Waals surface area contributed by atoms with Gasteiger partial charge in [0.05, 0.1) is 31.8 Å². The molecule has 0 radical (unpaired) electrons. The number of nitrogens with zero attached hydrogens (tertiary/aromatic N) is 7. The summed E-state index contributed by atoms with van der Waals surface area (Å²) in [6.45, 7) is 3.84. The Balaban J connectivity index is 1.77. The minimum absolute atomic E-state index is 0.108. The standard InChI is InChI=1S/C21H28N8O6S/c1-12-9-23-14(10-22-12)17(32-3)13(2)36(30,31)28-21-27-26-18(15-7-6-8-35-15)29(21)16-19(33-4)24-11-25-20(16)34-5/h9-11,13,15,17H,6-8H2,1-5H3,(H,27,28)/t13-,15-,17-/m0/s1. The lowest BCUT2D eigenvalue weighted by atomic mass is 10.2. The van der Waals surface area contributed by atoms with Crippen LogP contribution >= 0.6 is 0 Å². The second kappa shape index (κ2) is 10.7. The highest BCUT2D eigenvalue weighted by molar-refractivity contribution is 7.93. The largest absolute Gasteiger partial charge is 0.479 e. The number of aryl methyl sites for hydroxylation is 1. The number of nitrogens with one attached hydrogen (secondary N) is 1.